The van der Waals surface area contributed by atoms with Gasteiger partial charge in [0.25, 0.3) is 0 Å². The van der Waals surface area contributed by atoms with Crippen LogP contribution in [0.2, 0.25) is 19.6 Å². The highest BCUT2D eigenvalue weighted by molar-refractivity contribution is 6.69. The maximum absolute atomic E-state index is 9.37. The number of hydrogen-bond donors (Lipinski definition) is 0. The molecule has 0 aliphatic heterocycles. The fourth-order valence-electron chi connectivity index (χ4n) is 2.50. The van der Waals surface area contributed by atoms with Gasteiger partial charge in [-0.2, -0.15) is 5.26 Å². The fourth-order valence-corrected chi connectivity index (χ4v) is 3.90. The average Bonchev–Trinajstić information content (AvgIpc) is 2.15. The standard InChI is InChI=1S/C12H23NOSi/c1-5-11-7-6-8-12(9-11,10-13)14-15(2,3)4/h11H,5-9H2,1-4H3. The van der Waals surface area contributed by atoms with Crippen LogP contribution in [0, 0.1) is 17.2 Å². The van der Waals surface area contributed by atoms with Crippen LogP contribution in [-0.4, -0.2) is 13.9 Å². The first-order valence-corrected chi connectivity index (χ1v) is 9.43. The molecule has 0 heterocycles. The molecule has 86 valence electrons. The zero-order chi connectivity index (χ0) is 11.5. The van der Waals surface area contributed by atoms with Crippen molar-refractivity contribution in [2.45, 2.75) is 64.3 Å². The van der Waals surface area contributed by atoms with Crippen molar-refractivity contribution in [1.29, 1.82) is 5.26 Å². The first kappa shape index (κ1) is 12.7. The van der Waals surface area contributed by atoms with Gasteiger partial charge in [0.1, 0.15) is 5.60 Å². The van der Waals surface area contributed by atoms with Crippen LogP contribution >= 0.6 is 0 Å². The van der Waals surface area contributed by atoms with Gasteiger partial charge in [-0.1, -0.05) is 19.8 Å². The molecule has 0 amide bonds. The Bertz CT molecular complexity index is 253. The number of hydrogen-bond acceptors (Lipinski definition) is 2. The van der Waals surface area contributed by atoms with Gasteiger partial charge in [-0.25, -0.2) is 0 Å². The molecular weight excluding hydrogens is 202 g/mol. The Hall–Kier alpha value is -0.333. The van der Waals surface area contributed by atoms with Gasteiger partial charge < -0.3 is 4.43 Å². The number of nitrogens with zero attached hydrogens (tertiary/aromatic N) is 1. The molecule has 15 heavy (non-hydrogen) atoms. The van der Waals surface area contributed by atoms with Crippen LogP contribution in [0.15, 0.2) is 0 Å². The largest absolute Gasteiger partial charge is 0.400 e. The molecule has 0 aromatic rings. The number of rotatable bonds is 3. The summed E-state index contributed by atoms with van der Waals surface area (Å²) in [7, 11) is -1.60. The van der Waals surface area contributed by atoms with E-state index in [4.69, 9.17) is 4.43 Å². The first-order valence-electron chi connectivity index (χ1n) is 6.02. The van der Waals surface area contributed by atoms with E-state index in [2.05, 4.69) is 32.6 Å². The van der Waals surface area contributed by atoms with Gasteiger partial charge in [0.2, 0.25) is 0 Å². The molecule has 0 saturated heterocycles. The predicted molar refractivity (Wildman–Crippen MR) is 65.0 cm³/mol. The lowest BCUT2D eigenvalue weighted by Crippen LogP contribution is -2.44. The predicted octanol–water partition coefficient (Wildman–Crippen LogP) is 3.70. The Balaban J connectivity index is 2.72. The lowest BCUT2D eigenvalue weighted by molar-refractivity contribution is 0.0512. The molecule has 1 saturated carbocycles. The molecule has 2 atom stereocenters. The van der Waals surface area contributed by atoms with Gasteiger partial charge in [0.05, 0.1) is 6.07 Å². The molecule has 0 aromatic carbocycles. The van der Waals surface area contributed by atoms with Crippen LogP contribution in [0.4, 0.5) is 0 Å². The Labute approximate surface area is 94.8 Å². The summed E-state index contributed by atoms with van der Waals surface area (Å²) in [5, 5.41) is 9.37. The zero-order valence-corrected chi connectivity index (χ0v) is 11.5. The van der Waals surface area contributed by atoms with Gasteiger partial charge in [0.15, 0.2) is 8.32 Å². The molecule has 0 aromatic heterocycles. The third-order valence-corrected chi connectivity index (χ3v) is 4.10. The van der Waals surface area contributed by atoms with E-state index < -0.39 is 13.9 Å². The second-order valence-electron chi connectivity index (χ2n) is 5.69. The van der Waals surface area contributed by atoms with E-state index >= 15 is 0 Å². The maximum atomic E-state index is 9.37. The Morgan fingerprint density at radius 3 is 2.60 bits per heavy atom. The van der Waals surface area contributed by atoms with Crippen LogP contribution in [0.3, 0.4) is 0 Å². The van der Waals surface area contributed by atoms with Crippen LogP contribution in [0.25, 0.3) is 0 Å². The average molecular weight is 225 g/mol. The van der Waals surface area contributed by atoms with E-state index in [1.807, 2.05) is 0 Å². The minimum absolute atomic E-state index is 0.455. The first-order chi connectivity index (χ1) is 6.91. The molecule has 0 radical (unpaired) electrons. The van der Waals surface area contributed by atoms with E-state index in [0.717, 1.165) is 19.3 Å². The smallest absolute Gasteiger partial charge is 0.185 e. The fraction of sp³-hybridized carbons (Fsp3) is 0.917. The van der Waals surface area contributed by atoms with E-state index in [0.29, 0.717) is 5.92 Å². The Morgan fingerprint density at radius 1 is 1.47 bits per heavy atom. The molecule has 1 aliphatic rings. The molecule has 2 nitrogen and oxygen atoms in total. The Morgan fingerprint density at radius 2 is 2.13 bits per heavy atom. The topological polar surface area (TPSA) is 33.0 Å². The van der Waals surface area contributed by atoms with Crippen molar-refractivity contribution in [3.63, 3.8) is 0 Å². The molecule has 0 spiro atoms. The lowest BCUT2D eigenvalue weighted by Gasteiger charge is -2.39. The van der Waals surface area contributed by atoms with Gasteiger partial charge >= 0.3 is 0 Å². The van der Waals surface area contributed by atoms with Gasteiger partial charge in [-0.05, 0) is 44.8 Å². The lowest BCUT2D eigenvalue weighted by atomic mass is 9.78. The summed E-state index contributed by atoms with van der Waals surface area (Å²) < 4.78 is 6.13. The summed E-state index contributed by atoms with van der Waals surface area (Å²) in [5.74, 6) is 0.690. The highest BCUT2D eigenvalue weighted by Gasteiger charge is 2.40. The van der Waals surface area contributed by atoms with Gasteiger partial charge in [0, 0.05) is 0 Å². The molecule has 1 rings (SSSR count). The highest BCUT2D eigenvalue weighted by atomic mass is 28.4. The molecule has 0 bridgehead atoms. The normalized spacial score (nSPS) is 32.3. The van der Waals surface area contributed by atoms with Crippen molar-refractivity contribution in [3.05, 3.63) is 0 Å². The van der Waals surface area contributed by atoms with E-state index in [-0.39, 0.29) is 0 Å². The highest BCUT2D eigenvalue weighted by Crippen LogP contribution is 2.38. The SMILES string of the molecule is CCC1CCCC(C#N)(O[Si](C)(C)C)C1. The summed E-state index contributed by atoms with van der Waals surface area (Å²) >= 11 is 0. The number of nitriles is 1. The van der Waals surface area contributed by atoms with E-state index in [1.54, 1.807) is 0 Å². The minimum atomic E-state index is -1.60. The van der Waals surface area contributed by atoms with Gasteiger partial charge in [-0.15, -0.1) is 0 Å². The molecule has 3 heteroatoms. The van der Waals surface area contributed by atoms with E-state index in [9.17, 15) is 5.26 Å². The van der Waals surface area contributed by atoms with Crippen LogP contribution in [0.1, 0.15) is 39.0 Å². The second kappa shape index (κ2) is 4.67. The van der Waals surface area contributed by atoms with Crippen molar-refractivity contribution in [2.24, 2.45) is 5.92 Å². The Kier molecular flexibility index (Phi) is 3.97. The molecule has 0 N–H and O–H groups in total. The van der Waals surface area contributed by atoms with Gasteiger partial charge in [-0.3, -0.25) is 0 Å². The second-order valence-corrected chi connectivity index (χ2v) is 10.1. The van der Waals surface area contributed by atoms with Crippen molar-refractivity contribution < 1.29 is 4.43 Å². The minimum Gasteiger partial charge on any atom is -0.400 e. The van der Waals surface area contributed by atoms with Crippen molar-refractivity contribution in [1.82, 2.24) is 0 Å². The van der Waals surface area contributed by atoms with E-state index in [1.165, 1.54) is 12.8 Å². The molecule has 1 fully saturated rings. The van der Waals surface area contributed by atoms with Crippen LogP contribution in [0.5, 0.6) is 0 Å². The summed E-state index contributed by atoms with van der Waals surface area (Å²) in [5.41, 5.74) is -0.455. The van der Waals surface area contributed by atoms with Crippen molar-refractivity contribution >= 4 is 8.32 Å². The monoisotopic (exact) mass is 225 g/mol. The molecule has 2 unspecified atom stereocenters. The summed E-state index contributed by atoms with van der Waals surface area (Å²) in [6.45, 7) is 8.72. The summed E-state index contributed by atoms with van der Waals surface area (Å²) in [6.07, 6.45) is 5.48. The van der Waals surface area contributed by atoms with Crippen molar-refractivity contribution in [2.75, 3.05) is 0 Å². The molecular formula is C12H23NOSi. The van der Waals surface area contributed by atoms with Crippen LogP contribution in [-0.2, 0) is 4.43 Å². The summed E-state index contributed by atoms with van der Waals surface area (Å²) in [6, 6.07) is 2.45. The third kappa shape index (κ3) is 3.62. The van der Waals surface area contributed by atoms with Crippen LogP contribution < -0.4 is 0 Å². The summed E-state index contributed by atoms with van der Waals surface area (Å²) in [4.78, 5) is 0. The zero-order valence-electron chi connectivity index (χ0n) is 10.5. The molecule has 1 aliphatic carbocycles. The third-order valence-electron chi connectivity index (χ3n) is 3.09. The maximum Gasteiger partial charge on any atom is 0.185 e. The van der Waals surface area contributed by atoms with Crippen molar-refractivity contribution in [3.8, 4) is 6.07 Å². The quantitative estimate of drug-likeness (QED) is 0.686.